The maximum atomic E-state index is 12.2. The van der Waals surface area contributed by atoms with Crippen molar-refractivity contribution in [3.05, 3.63) is 24.3 Å². The minimum absolute atomic E-state index is 0.0168. The fourth-order valence-electron chi connectivity index (χ4n) is 2.44. The normalized spacial score (nSPS) is 17.2. The number of ether oxygens (including phenoxy) is 2. The lowest BCUT2D eigenvalue weighted by atomic mass is 10.2. The van der Waals surface area contributed by atoms with E-state index in [1.54, 1.807) is 29.2 Å². The summed E-state index contributed by atoms with van der Waals surface area (Å²) in [7, 11) is 0. The van der Waals surface area contributed by atoms with Gasteiger partial charge in [0.05, 0.1) is 13.2 Å². The summed E-state index contributed by atoms with van der Waals surface area (Å²) >= 11 is 0. The maximum absolute atomic E-state index is 12.2. The standard InChI is InChI=1S/C17H25N3O4/c1-3-20(4-2)16(21)12-24-14-7-5-6-13(10-14)19-17(22)15-11-23-9-8-18-15/h5-7,10,15,18H,3-4,8-9,11-12H2,1-2H3,(H,19,22). The van der Waals surface area contributed by atoms with Gasteiger partial charge in [-0.05, 0) is 26.0 Å². The first-order chi connectivity index (χ1) is 11.6. The lowest BCUT2D eigenvalue weighted by Gasteiger charge is -2.23. The predicted octanol–water partition coefficient (Wildman–Crippen LogP) is 0.861. The highest BCUT2D eigenvalue weighted by Crippen LogP contribution is 2.18. The van der Waals surface area contributed by atoms with Gasteiger partial charge in [0, 0.05) is 31.4 Å². The zero-order valence-corrected chi connectivity index (χ0v) is 14.2. The van der Waals surface area contributed by atoms with E-state index in [-0.39, 0.29) is 24.5 Å². The molecule has 1 aromatic carbocycles. The van der Waals surface area contributed by atoms with Crippen LogP contribution in [0.15, 0.2) is 24.3 Å². The number of anilines is 1. The summed E-state index contributed by atoms with van der Waals surface area (Å²) < 4.78 is 10.8. The highest BCUT2D eigenvalue weighted by molar-refractivity contribution is 5.95. The fourth-order valence-corrected chi connectivity index (χ4v) is 2.44. The molecule has 0 spiro atoms. The average molecular weight is 335 g/mol. The Morgan fingerprint density at radius 2 is 2.17 bits per heavy atom. The van der Waals surface area contributed by atoms with Gasteiger partial charge >= 0.3 is 0 Å². The second kappa shape index (κ2) is 9.24. The Balaban J connectivity index is 1.88. The molecule has 1 aliphatic heterocycles. The van der Waals surface area contributed by atoms with Crippen LogP contribution in [0.2, 0.25) is 0 Å². The van der Waals surface area contributed by atoms with Gasteiger partial charge in [0.2, 0.25) is 5.91 Å². The van der Waals surface area contributed by atoms with E-state index in [0.717, 1.165) is 0 Å². The largest absolute Gasteiger partial charge is 0.484 e. The number of rotatable bonds is 7. The van der Waals surface area contributed by atoms with Crippen LogP contribution in [0.1, 0.15) is 13.8 Å². The zero-order valence-electron chi connectivity index (χ0n) is 14.2. The van der Waals surface area contributed by atoms with Crippen molar-refractivity contribution in [3.8, 4) is 5.75 Å². The van der Waals surface area contributed by atoms with Crippen LogP contribution in [0.4, 0.5) is 5.69 Å². The minimum Gasteiger partial charge on any atom is -0.484 e. The number of likely N-dealkylation sites (N-methyl/N-ethyl adjacent to an activating group) is 1. The summed E-state index contributed by atoms with van der Waals surface area (Å²) in [4.78, 5) is 25.8. The van der Waals surface area contributed by atoms with Crippen LogP contribution >= 0.6 is 0 Å². The first-order valence-corrected chi connectivity index (χ1v) is 8.26. The summed E-state index contributed by atoms with van der Waals surface area (Å²) in [5, 5.41) is 5.93. The van der Waals surface area contributed by atoms with Crippen LogP contribution in [-0.4, -0.2) is 62.2 Å². The number of nitrogens with one attached hydrogen (secondary N) is 2. The van der Waals surface area contributed by atoms with Crippen LogP contribution in [0.25, 0.3) is 0 Å². The molecule has 24 heavy (non-hydrogen) atoms. The van der Waals surface area contributed by atoms with Crippen molar-refractivity contribution in [1.82, 2.24) is 10.2 Å². The highest BCUT2D eigenvalue weighted by Gasteiger charge is 2.21. The Bertz CT molecular complexity index is 555. The van der Waals surface area contributed by atoms with E-state index >= 15 is 0 Å². The summed E-state index contributed by atoms with van der Waals surface area (Å²) in [5.74, 6) is 0.338. The molecule has 7 heteroatoms. The number of benzene rings is 1. The van der Waals surface area contributed by atoms with E-state index in [9.17, 15) is 9.59 Å². The lowest BCUT2D eigenvalue weighted by molar-refractivity contribution is -0.133. The summed E-state index contributed by atoms with van der Waals surface area (Å²) in [5.41, 5.74) is 0.625. The molecule has 2 amide bonds. The van der Waals surface area contributed by atoms with Gasteiger partial charge in [-0.15, -0.1) is 0 Å². The Morgan fingerprint density at radius 3 is 2.83 bits per heavy atom. The molecule has 1 unspecified atom stereocenters. The van der Waals surface area contributed by atoms with Crippen LogP contribution in [0.3, 0.4) is 0 Å². The average Bonchev–Trinajstić information content (AvgIpc) is 2.62. The molecular weight excluding hydrogens is 310 g/mol. The topological polar surface area (TPSA) is 79.9 Å². The number of nitrogens with zero attached hydrogens (tertiary/aromatic N) is 1. The van der Waals surface area contributed by atoms with Crippen molar-refractivity contribution in [2.45, 2.75) is 19.9 Å². The highest BCUT2D eigenvalue weighted by atomic mass is 16.5. The molecule has 0 bridgehead atoms. The molecule has 132 valence electrons. The molecule has 1 aromatic rings. The molecule has 1 atom stereocenters. The third-order valence-corrected chi connectivity index (χ3v) is 3.82. The first kappa shape index (κ1) is 18.2. The summed E-state index contributed by atoms with van der Waals surface area (Å²) in [6, 6.07) is 6.66. The number of hydrogen-bond acceptors (Lipinski definition) is 5. The van der Waals surface area contributed by atoms with Gasteiger partial charge in [-0.3, -0.25) is 9.59 Å². The molecule has 2 N–H and O–H groups in total. The number of carbonyl (C=O) groups excluding carboxylic acids is 2. The number of carbonyl (C=O) groups is 2. The third kappa shape index (κ3) is 5.21. The molecule has 7 nitrogen and oxygen atoms in total. The Kier molecular flexibility index (Phi) is 7.02. The van der Waals surface area contributed by atoms with Gasteiger partial charge in [-0.1, -0.05) is 6.07 Å². The van der Waals surface area contributed by atoms with E-state index in [2.05, 4.69) is 10.6 Å². The fraction of sp³-hybridized carbons (Fsp3) is 0.529. The molecule has 1 heterocycles. The van der Waals surface area contributed by atoms with Crippen molar-refractivity contribution < 1.29 is 19.1 Å². The van der Waals surface area contributed by atoms with Crippen LogP contribution in [-0.2, 0) is 14.3 Å². The van der Waals surface area contributed by atoms with Crippen molar-refractivity contribution in [3.63, 3.8) is 0 Å². The molecule has 1 fully saturated rings. The summed E-state index contributed by atoms with van der Waals surface area (Å²) in [6.07, 6.45) is 0. The first-order valence-electron chi connectivity index (χ1n) is 8.26. The van der Waals surface area contributed by atoms with E-state index in [4.69, 9.17) is 9.47 Å². The van der Waals surface area contributed by atoms with E-state index in [1.807, 2.05) is 13.8 Å². The molecule has 1 saturated heterocycles. The minimum atomic E-state index is -0.354. The molecule has 0 radical (unpaired) electrons. The Hall–Kier alpha value is -2.12. The predicted molar refractivity (Wildman–Crippen MR) is 91.1 cm³/mol. The van der Waals surface area contributed by atoms with Gasteiger partial charge in [0.1, 0.15) is 11.8 Å². The molecule has 2 rings (SSSR count). The Labute approximate surface area is 142 Å². The monoisotopic (exact) mass is 335 g/mol. The molecule has 1 aliphatic rings. The number of amides is 2. The molecule has 0 aromatic heterocycles. The van der Waals surface area contributed by atoms with Gasteiger partial charge in [0.25, 0.3) is 5.91 Å². The van der Waals surface area contributed by atoms with Gasteiger partial charge in [0.15, 0.2) is 6.61 Å². The zero-order chi connectivity index (χ0) is 17.4. The second-order valence-corrected chi connectivity index (χ2v) is 5.45. The van der Waals surface area contributed by atoms with Crippen LogP contribution in [0.5, 0.6) is 5.75 Å². The third-order valence-electron chi connectivity index (χ3n) is 3.82. The molecule has 0 saturated carbocycles. The summed E-state index contributed by atoms with van der Waals surface area (Å²) in [6.45, 7) is 6.80. The van der Waals surface area contributed by atoms with Crippen LogP contribution in [0, 0.1) is 0 Å². The van der Waals surface area contributed by atoms with E-state index in [1.165, 1.54) is 0 Å². The molecule has 0 aliphatic carbocycles. The Morgan fingerprint density at radius 1 is 1.38 bits per heavy atom. The van der Waals surface area contributed by atoms with Gasteiger partial charge in [-0.2, -0.15) is 0 Å². The van der Waals surface area contributed by atoms with Gasteiger partial charge in [-0.25, -0.2) is 0 Å². The number of hydrogen-bond donors (Lipinski definition) is 2. The van der Waals surface area contributed by atoms with Crippen molar-refractivity contribution >= 4 is 17.5 Å². The van der Waals surface area contributed by atoms with Crippen molar-refractivity contribution in [2.75, 3.05) is 44.8 Å². The smallest absolute Gasteiger partial charge is 0.260 e. The SMILES string of the molecule is CCN(CC)C(=O)COc1cccc(NC(=O)C2COCCN2)c1. The lowest BCUT2D eigenvalue weighted by Crippen LogP contribution is -2.48. The number of morpholine rings is 1. The van der Waals surface area contributed by atoms with Crippen molar-refractivity contribution in [1.29, 1.82) is 0 Å². The maximum Gasteiger partial charge on any atom is 0.260 e. The van der Waals surface area contributed by atoms with E-state index in [0.29, 0.717) is 44.3 Å². The second-order valence-electron chi connectivity index (χ2n) is 5.45. The van der Waals surface area contributed by atoms with Gasteiger partial charge < -0.3 is 25.0 Å². The van der Waals surface area contributed by atoms with Crippen molar-refractivity contribution in [2.24, 2.45) is 0 Å². The molecular formula is C17H25N3O4. The quantitative estimate of drug-likeness (QED) is 0.773. The van der Waals surface area contributed by atoms with Crippen LogP contribution < -0.4 is 15.4 Å². The van der Waals surface area contributed by atoms with E-state index < -0.39 is 0 Å².